The first-order chi connectivity index (χ1) is 7.61. The Morgan fingerprint density at radius 1 is 1.62 bits per heavy atom. The van der Waals surface area contributed by atoms with E-state index in [9.17, 15) is 4.79 Å². The molecule has 0 aliphatic carbocycles. The van der Waals surface area contributed by atoms with Gasteiger partial charge in [0.05, 0.1) is 8.66 Å². The molecule has 1 aromatic rings. The summed E-state index contributed by atoms with van der Waals surface area (Å²) in [5.41, 5.74) is 0. The first kappa shape index (κ1) is 12.6. The Labute approximate surface area is 116 Å². The molecule has 0 N–H and O–H groups in total. The summed E-state index contributed by atoms with van der Waals surface area (Å²) in [6.07, 6.45) is 2.32. The van der Waals surface area contributed by atoms with Gasteiger partial charge in [-0.1, -0.05) is 13.3 Å². The van der Waals surface area contributed by atoms with Gasteiger partial charge in [0.2, 0.25) is 0 Å². The van der Waals surface area contributed by atoms with Crippen LogP contribution in [0.5, 0.6) is 0 Å². The van der Waals surface area contributed by atoms with Crippen LogP contribution >= 0.6 is 43.2 Å². The molecule has 1 aromatic heterocycles. The van der Waals surface area contributed by atoms with Gasteiger partial charge in [-0.2, -0.15) is 0 Å². The molecule has 0 aromatic carbocycles. The highest BCUT2D eigenvalue weighted by molar-refractivity contribution is 9.13. The molecule has 0 spiro atoms. The van der Waals surface area contributed by atoms with Crippen LogP contribution in [0.25, 0.3) is 0 Å². The molecule has 0 bridgehead atoms. The molecule has 88 valence electrons. The molecule has 1 amide bonds. The zero-order chi connectivity index (χ0) is 11.7. The topological polar surface area (TPSA) is 20.3 Å². The fourth-order valence-electron chi connectivity index (χ4n) is 1.96. The summed E-state index contributed by atoms with van der Waals surface area (Å²) in [5, 5.41) is 0. The number of carbonyl (C=O) groups excluding carboxylic acids is 1. The van der Waals surface area contributed by atoms with Crippen molar-refractivity contribution in [3.8, 4) is 0 Å². The Bertz CT molecular complexity index is 385. The van der Waals surface area contributed by atoms with Gasteiger partial charge in [-0.15, -0.1) is 11.3 Å². The van der Waals surface area contributed by atoms with Crippen LogP contribution in [0.3, 0.4) is 0 Å². The molecule has 5 heteroatoms. The lowest BCUT2D eigenvalue weighted by atomic mass is 10.1. The molecule has 1 aliphatic heterocycles. The van der Waals surface area contributed by atoms with Gasteiger partial charge in [0.25, 0.3) is 5.91 Å². The predicted molar refractivity (Wildman–Crippen MR) is 74.0 cm³/mol. The van der Waals surface area contributed by atoms with E-state index >= 15 is 0 Å². The molecule has 1 fully saturated rings. The van der Waals surface area contributed by atoms with Crippen molar-refractivity contribution in [2.75, 3.05) is 13.1 Å². The van der Waals surface area contributed by atoms with E-state index in [-0.39, 0.29) is 5.91 Å². The van der Waals surface area contributed by atoms with Crippen LogP contribution in [0.15, 0.2) is 14.3 Å². The van der Waals surface area contributed by atoms with E-state index in [1.54, 1.807) is 0 Å². The number of halogens is 2. The van der Waals surface area contributed by atoms with Crippen LogP contribution < -0.4 is 0 Å². The molecule has 0 saturated carbocycles. The van der Waals surface area contributed by atoms with Crippen molar-refractivity contribution in [2.24, 2.45) is 5.92 Å². The average Bonchev–Trinajstić information content (AvgIpc) is 2.86. The summed E-state index contributed by atoms with van der Waals surface area (Å²) in [6.45, 7) is 4.02. The maximum atomic E-state index is 12.2. The van der Waals surface area contributed by atoms with E-state index in [0.29, 0.717) is 5.92 Å². The third kappa shape index (κ3) is 2.51. The Morgan fingerprint density at radius 3 is 2.88 bits per heavy atom. The van der Waals surface area contributed by atoms with Crippen molar-refractivity contribution >= 4 is 49.1 Å². The van der Waals surface area contributed by atoms with Gasteiger partial charge < -0.3 is 4.90 Å². The second-order valence-electron chi connectivity index (χ2n) is 4.05. The van der Waals surface area contributed by atoms with E-state index in [2.05, 4.69) is 38.8 Å². The summed E-state index contributed by atoms with van der Waals surface area (Å²) in [4.78, 5) is 15.0. The van der Waals surface area contributed by atoms with Crippen molar-refractivity contribution in [2.45, 2.75) is 19.8 Å². The highest BCUT2D eigenvalue weighted by Gasteiger charge is 2.26. The molecule has 1 atom stereocenters. The molecule has 16 heavy (non-hydrogen) atoms. The van der Waals surface area contributed by atoms with E-state index in [4.69, 9.17) is 0 Å². The standard InChI is InChI=1S/C11H13Br2NOS/c1-2-7-3-4-14(6-7)11(15)9-5-8(12)10(13)16-9/h5,7H,2-4,6H2,1H3. The predicted octanol–water partition coefficient (Wildman–Crippen LogP) is 4.15. The van der Waals surface area contributed by atoms with E-state index < -0.39 is 0 Å². The zero-order valence-corrected chi connectivity index (χ0v) is 13.0. The summed E-state index contributed by atoms with van der Waals surface area (Å²) in [5.74, 6) is 0.864. The minimum atomic E-state index is 0.173. The van der Waals surface area contributed by atoms with Crippen LogP contribution in [-0.2, 0) is 0 Å². The maximum Gasteiger partial charge on any atom is 0.264 e. The van der Waals surface area contributed by atoms with Crippen LogP contribution in [0.1, 0.15) is 29.4 Å². The van der Waals surface area contributed by atoms with Gasteiger partial charge in [0.15, 0.2) is 0 Å². The number of hydrogen-bond acceptors (Lipinski definition) is 2. The largest absolute Gasteiger partial charge is 0.338 e. The monoisotopic (exact) mass is 365 g/mol. The maximum absolute atomic E-state index is 12.2. The third-order valence-electron chi connectivity index (χ3n) is 3.01. The van der Waals surface area contributed by atoms with Gasteiger partial charge in [0, 0.05) is 17.6 Å². The Balaban J connectivity index is 2.08. The second kappa shape index (κ2) is 5.19. The number of likely N-dealkylation sites (tertiary alicyclic amines) is 1. The quantitative estimate of drug-likeness (QED) is 0.770. The molecule has 2 rings (SSSR count). The average molecular weight is 367 g/mol. The summed E-state index contributed by atoms with van der Waals surface area (Å²) in [6, 6.07) is 1.90. The Morgan fingerprint density at radius 2 is 2.38 bits per heavy atom. The first-order valence-corrected chi connectivity index (χ1v) is 7.76. The van der Waals surface area contributed by atoms with Gasteiger partial charge in [0.1, 0.15) is 0 Å². The van der Waals surface area contributed by atoms with Crippen molar-refractivity contribution in [1.82, 2.24) is 4.90 Å². The van der Waals surface area contributed by atoms with Crippen molar-refractivity contribution in [3.63, 3.8) is 0 Å². The molecule has 1 saturated heterocycles. The molecular formula is C11H13Br2NOS. The lowest BCUT2D eigenvalue weighted by Gasteiger charge is -2.14. The molecule has 1 aliphatic rings. The van der Waals surface area contributed by atoms with Gasteiger partial charge in [-0.25, -0.2) is 0 Å². The summed E-state index contributed by atoms with van der Waals surface area (Å²) in [7, 11) is 0. The first-order valence-electron chi connectivity index (χ1n) is 5.36. The van der Waals surface area contributed by atoms with Crippen LogP contribution in [0.4, 0.5) is 0 Å². The van der Waals surface area contributed by atoms with Gasteiger partial charge in [-0.3, -0.25) is 4.79 Å². The highest BCUT2D eigenvalue weighted by Crippen LogP contribution is 2.33. The highest BCUT2D eigenvalue weighted by atomic mass is 79.9. The third-order valence-corrected chi connectivity index (χ3v) is 6.25. The normalized spacial score (nSPS) is 20.4. The lowest BCUT2D eigenvalue weighted by molar-refractivity contribution is 0.0791. The van der Waals surface area contributed by atoms with E-state index in [1.165, 1.54) is 17.8 Å². The van der Waals surface area contributed by atoms with Gasteiger partial charge >= 0.3 is 0 Å². The molecule has 2 nitrogen and oxygen atoms in total. The van der Waals surface area contributed by atoms with Crippen molar-refractivity contribution in [1.29, 1.82) is 0 Å². The zero-order valence-electron chi connectivity index (χ0n) is 9.00. The molecule has 1 unspecified atom stereocenters. The fourth-order valence-corrected chi connectivity index (χ4v) is 3.96. The molecule has 0 radical (unpaired) electrons. The molecular weight excluding hydrogens is 354 g/mol. The van der Waals surface area contributed by atoms with Crippen molar-refractivity contribution in [3.05, 3.63) is 19.2 Å². The van der Waals surface area contributed by atoms with Crippen LogP contribution in [0, 0.1) is 5.92 Å². The minimum absolute atomic E-state index is 0.173. The number of nitrogens with zero attached hydrogens (tertiary/aromatic N) is 1. The van der Waals surface area contributed by atoms with E-state index in [0.717, 1.165) is 32.6 Å². The summed E-state index contributed by atoms with van der Waals surface area (Å²) >= 11 is 8.33. The van der Waals surface area contributed by atoms with Crippen molar-refractivity contribution < 1.29 is 4.79 Å². The number of thiophene rings is 1. The Hall–Kier alpha value is 0.130. The second-order valence-corrected chi connectivity index (χ2v) is 7.27. The summed E-state index contributed by atoms with van der Waals surface area (Å²) < 4.78 is 1.95. The lowest BCUT2D eigenvalue weighted by Crippen LogP contribution is -2.27. The minimum Gasteiger partial charge on any atom is -0.338 e. The number of carbonyl (C=O) groups is 1. The SMILES string of the molecule is CCC1CCN(C(=O)c2cc(Br)c(Br)s2)C1. The fraction of sp³-hybridized carbons (Fsp3) is 0.545. The number of hydrogen-bond donors (Lipinski definition) is 0. The Kier molecular flexibility index (Phi) is 4.08. The smallest absolute Gasteiger partial charge is 0.264 e. The van der Waals surface area contributed by atoms with Gasteiger partial charge in [-0.05, 0) is 50.3 Å². The molecule has 2 heterocycles. The van der Waals surface area contributed by atoms with E-state index in [1.807, 2.05) is 11.0 Å². The van der Waals surface area contributed by atoms with Crippen LogP contribution in [0.2, 0.25) is 0 Å². The number of amides is 1. The number of rotatable bonds is 2. The van der Waals surface area contributed by atoms with Crippen LogP contribution in [-0.4, -0.2) is 23.9 Å².